The molecule has 0 radical (unpaired) electrons. The molecule has 1 spiro atoms. The topological polar surface area (TPSA) is 65.5 Å². The molecule has 6 nitrogen and oxygen atoms in total. The second kappa shape index (κ2) is 10.0. The van der Waals surface area contributed by atoms with Crippen LogP contribution in [-0.4, -0.2) is 47.9 Å². The molecule has 2 aromatic carbocycles. The number of aromatic nitrogens is 1. The number of nitrogens with one attached hydrogen (secondary N) is 1. The SMILES string of the molecule is O=C(NC1CCc2ccc(C(=O)N3CCC4(CCN(c5ccncc5)CC4)C3)cc21)c1c(F)cccc1Cl. The fourth-order valence-corrected chi connectivity index (χ4v) is 6.57. The smallest absolute Gasteiger partial charge is 0.256 e. The predicted octanol–water partition coefficient (Wildman–Crippen LogP) is 5.42. The lowest BCUT2D eigenvalue weighted by Crippen LogP contribution is -2.42. The number of piperidine rings is 1. The minimum Gasteiger partial charge on any atom is -0.371 e. The highest BCUT2D eigenvalue weighted by Gasteiger charge is 2.42. The summed E-state index contributed by atoms with van der Waals surface area (Å²) in [6.07, 6.45) is 8.31. The summed E-state index contributed by atoms with van der Waals surface area (Å²) in [5, 5.41) is 3.02. The Morgan fingerprint density at radius 1 is 1.03 bits per heavy atom. The maximum Gasteiger partial charge on any atom is 0.256 e. The van der Waals surface area contributed by atoms with Gasteiger partial charge in [0.25, 0.3) is 11.8 Å². The van der Waals surface area contributed by atoms with E-state index >= 15 is 0 Å². The lowest BCUT2D eigenvalue weighted by molar-refractivity contribution is 0.0764. The Labute approximate surface area is 226 Å². The van der Waals surface area contributed by atoms with Crippen molar-refractivity contribution in [1.29, 1.82) is 0 Å². The fraction of sp³-hybridized carbons (Fsp3) is 0.367. The molecular weight excluding hydrogens is 503 g/mol. The van der Waals surface area contributed by atoms with E-state index in [0.29, 0.717) is 12.0 Å². The normalized spacial score (nSPS) is 20.0. The number of nitrogens with zero attached hydrogens (tertiary/aromatic N) is 3. The van der Waals surface area contributed by atoms with E-state index in [9.17, 15) is 14.0 Å². The van der Waals surface area contributed by atoms with Gasteiger partial charge in [-0.3, -0.25) is 14.6 Å². The van der Waals surface area contributed by atoms with Gasteiger partial charge < -0.3 is 15.1 Å². The number of pyridine rings is 1. The maximum absolute atomic E-state index is 14.3. The number of hydrogen-bond acceptors (Lipinski definition) is 4. The van der Waals surface area contributed by atoms with Crippen molar-refractivity contribution in [3.8, 4) is 0 Å². The number of aryl methyl sites for hydroxylation is 1. The van der Waals surface area contributed by atoms with E-state index < -0.39 is 11.7 Å². The minimum absolute atomic E-state index is 0.0374. The van der Waals surface area contributed by atoms with Gasteiger partial charge in [0.05, 0.1) is 16.6 Å². The van der Waals surface area contributed by atoms with Gasteiger partial charge >= 0.3 is 0 Å². The number of carbonyl (C=O) groups excluding carboxylic acids is 2. The molecule has 3 aliphatic rings. The number of halogens is 2. The highest BCUT2D eigenvalue weighted by molar-refractivity contribution is 6.33. The van der Waals surface area contributed by atoms with Crippen molar-refractivity contribution < 1.29 is 14.0 Å². The molecule has 1 aromatic heterocycles. The van der Waals surface area contributed by atoms with Crippen LogP contribution < -0.4 is 10.2 Å². The Balaban J connectivity index is 1.12. The molecule has 196 valence electrons. The highest BCUT2D eigenvalue weighted by Crippen LogP contribution is 2.42. The highest BCUT2D eigenvalue weighted by atomic mass is 35.5. The molecule has 1 unspecified atom stereocenters. The van der Waals surface area contributed by atoms with Crippen molar-refractivity contribution in [2.45, 2.75) is 38.1 Å². The van der Waals surface area contributed by atoms with E-state index in [1.165, 1.54) is 23.9 Å². The van der Waals surface area contributed by atoms with Gasteiger partial charge in [0, 0.05) is 49.8 Å². The number of likely N-dealkylation sites (tertiary alicyclic amines) is 1. The van der Waals surface area contributed by atoms with Gasteiger partial charge in [-0.1, -0.05) is 23.7 Å². The second-order valence-corrected chi connectivity index (χ2v) is 11.2. The summed E-state index contributed by atoms with van der Waals surface area (Å²) in [6.45, 7) is 3.51. The Morgan fingerprint density at radius 2 is 1.79 bits per heavy atom. The Morgan fingerprint density at radius 3 is 2.55 bits per heavy atom. The number of anilines is 1. The Bertz CT molecular complexity index is 1350. The summed E-state index contributed by atoms with van der Waals surface area (Å²) in [4.78, 5) is 34.9. The number of benzene rings is 2. The first kappa shape index (κ1) is 24.9. The van der Waals surface area contributed by atoms with Crippen molar-refractivity contribution in [2.24, 2.45) is 5.41 Å². The molecule has 8 heteroatoms. The van der Waals surface area contributed by atoms with Crippen molar-refractivity contribution in [3.05, 3.63) is 94.0 Å². The summed E-state index contributed by atoms with van der Waals surface area (Å²) in [7, 11) is 0. The van der Waals surface area contributed by atoms with Gasteiger partial charge in [0.1, 0.15) is 5.82 Å². The van der Waals surface area contributed by atoms with Crippen LogP contribution in [0.15, 0.2) is 60.9 Å². The zero-order chi connectivity index (χ0) is 26.3. The van der Waals surface area contributed by atoms with Crippen molar-refractivity contribution >= 4 is 29.1 Å². The molecule has 3 heterocycles. The van der Waals surface area contributed by atoms with Gasteiger partial charge in [-0.25, -0.2) is 4.39 Å². The molecule has 1 atom stereocenters. The van der Waals surface area contributed by atoms with Crippen LogP contribution in [0.5, 0.6) is 0 Å². The number of hydrogen-bond donors (Lipinski definition) is 1. The molecule has 38 heavy (non-hydrogen) atoms. The molecule has 6 rings (SSSR count). The maximum atomic E-state index is 14.3. The first-order valence-electron chi connectivity index (χ1n) is 13.2. The van der Waals surface area contributed by atoms with E-state index in [0.717, 1.165) is 63.0 Å². The fourth-order valence-electron chi connectivity index (χ4n) is 6.32. The van der Waals surface area contributed by atoms with Crippen LogP contribution in [0.25, 0.3) is 0 Å². The van der Waals surface area contributed by atoms with Crippen LogP contribution in [0.2, 0.25) is 5.02 Å². The van der Waals surface area contributed by atoms with Gasteiger partial charge in [0.15, 0.2) is 0 Å². The van der Waals surface area contributed by atoms with E-state index in [2.05, 4.69) is 27.3 Å². The Kier molecular flexibility index (Phi) is 6.56. The molecule has 0 bridgehead atoms. The first-order chi connectivity index (χ1) is 18.4. The largest absolute Gasteiger partial charge is 0.371 e. The molecule has 2 saturated heterocycles. The summed E-state index contributed by atoms with van der Waals surface area (Å²) in [5.74, 6) is -1.15. The zero-order valence-electron chi connectivity index (χ0n) is 21.1. The molecule has 2 amide bonds. The van der Waals surface area contributed by atoms with Crippen molar-refractivity contribution in [3.63, 3.8) is 0 Å². The zero-order valence-corrected chi connectivity index (χ0v) is 21.9. The van der Waals surface area contributed by atoms with Gasteiger partial charge in [-0.2, -0.15) is 0 Å². The summed E-state index contributed by atoms with van der Waals surface area (Å²) in [6, 6.07) is 13.8. The predicted molar refractivity (Wildman–Crippen MR) is 145 cm³/mol. The van der Waals surface area contributed by atoms with Crippen LogP contribution in [0.3, 0.4) is 0 Å². The monoisotopic (exact) mass is 532 g/mol. The summed E-state index contributed by atoms with van der Waals surface area (Å²) >= 11 is 6.09. The van der Waals surface area contributed by atoms with Crippen LogP contribution in [0.4, 0.5) is 10.1 Å². The van der Waals surface area contributed by atoms with E-state index in [-0.39, 0.29) is 28.0 Å². The van der Waals surface area contributed by atoms with Crippen LogP contribution >= 0.6 is 11.6 Å². The molecule has 2 fully saturated rings. The average Bonchev–Trinajstić information content (AvgIpc) is 3.53. The van der Waals surface area contributed by atoms with Crippen molar-refractivity contribution in [1.82, 2.24) is 15.2 Å². The number of rotatable bonds is 4. The number of carbonyl (C=O) groups is 2. The molecule has 1 aliphatic carbocycles. The quantitative estimate of drug-likeness (QED) is 0.487. The third kappa shape index (κ3) is 4.64. The molecule has 2 aliphatic heterocycles. The standard InChI is InChI=1S/C30H30ClFN4O2/c31-24-2-1-3-25(32)27(24)28(37)34-26-7-6-20-4-5-21(18-23(20)26)29(38)36-17-12-30(19-36)10-15-35(16-11-30)22-8-13-33-14-9-22/h1-5,8-9,13-14,18,26H,6-7,10-12,15-17,19H2,(H,34,37). The third-order valence-electron chi connectivity index (χ3n) is 8.54. The van der Waals surface area contributed by atoms with Gasteiger partial charge in [-0.05, 0) is 85.0 Å². The lowest BCUT2D eigenvalue weighted by Gasteiger charge is -2.40. The molecule has 3 aromatic rings. The first-order valence-corrected chi connectivity index (χ1v) is 13.6. The Hall–Kier alpha value is -3.45. The van der Waals surface area contributed by atoms with E-state index in [1.54, 1.807) is 0 Å². The second-order valence-electron chi connectivity index (χ2n) is 10.7. The molecule has 0 saturated carbocycles. The average molecular weight is 533 g/mol. The summed E-state index contributed by atoms with van der Waals surface area (Å²) in [5.41, 5.74) is 3.90. The number of fused-ring (bicyclic) bond motifs is 1. The van der Waals surface area contributed by atoms with E-state index in [1.807, 2.05) is 35.5 Å². The van der Waals surface area contributed by atoms with Crippen LogP contribution in [0.1, 0.15) is 63.6 Å². The third-order valence-corrected chi connectivity index (χ3v) is 8.86. The minimum atomic E-state index is -0.647. The van der Waals surface area contributed by atoms with Crippen LogP contribution in [-0.2, 0) is 6.42 Å². The van der Waals surface area contributed by atoms with Crippen molar-refractivity contribution in [2.75, 3.05) is 31.1 Å². The van der Waals surface area contributed by atoms with Gasteiger partial charge in [0.2, 0.25) is 0 Å². The van der Waals surface area contributed by atoms with E-state index in [4.69, 9.17) is 11.6 Å². The van der Waals surface area contributed by atoms with Crippen LogP contribution in [0, 0.1) is 11.2 Å². The lowest BCUT2D eigenvalue weighted by atomic mass is 9.77. The molecular formula is C30H30ClFN4O2. The summed E-state index contributed by atoms with van der Waals surface area (Å²) < 4.78 is 14.3. The number of amides is 2. The molecule has 1 N–H and O–H groups in total. The van der Waals surface area contributed by atoms with Gasteiger partial charge in [-0.15, -0.1) is 0 Å².